The van der Waals surface area contributed by atoms with Crippen molar-refractivity contribution in [1.82, 2.24) is 5.32 Å². The Bertz CT molecular complexity index is 648. The molecule has 4 N–H and O–H groups in total. The number of benzene rings is 2. The number of thioether (sulfide) groups is 1. The first kappa shape index (κ1) is 17.2. The van der Waals surface area contributed by atoms with Crippen LogP contribution in [-0.2, 0) is 0 Å². The molecule has 22 heavy (non-hydrogen) atoms. The van der Waals surface area contributed by atoms with E-state index in [1.807, 2.05) is 36.4 Å². The molecular weight excluding hydrogens is 357 g/mol. The molecule has 116 valence electrons. The highest BCUT2D eigenvalue weighted by molar-refractivity contribution is 7.99. The summed E-state index contributed by atoms with van der Waals surface area (Å²) in [5, 5.41) is 7.97. The lowest BCUT2D eigenvalue weighted by molar-refractivity contribution is 0.990. The highest BCUT2D eigenvalue weighted by atomic mass is 35.5. The van der Waals surface area contributed by atoms with E-state index < -0.39 is 0 Å². The average Bonchev–Trinajstić information content (AvgIpc) is 2.49. The van der Waals surface area contributed by atoms with Gasteiger partial charge in [-0.1, -0.05) is 23.2 Å². The number of nitrogens with one attached hydrogen (secondary N) is 2. The van der Waals surface area contributed by atoms with Crippen molar-refractivity contribution in [3.63, 3.8) is 0 Å². The summed E-state index contributed by atoms with van der Waals surface area (Å²) < 4.78 is 0. The Morgan fingerprint density at radius 1 is 1.09 bits per heavy atom. The van der Waals surface area contributed by atoms with Gasteiger partial charge in [0.1, 0.15) is 0 Å². The quantitative estimate of drug-likeness (QED) is 0.309. The van der Waals surface area contributed by atoms with Crippen LogP contribution < -0.4 is 16.4 Å². The molecule has 0 heterocycles. The van der Waals surface area contributed by atoms with Crippen LogP contribution in [0.1, 0.15) is 0 Å². The Morgan fingerprint density at radius 3 is 2.50 bits per heavy atom. The molecule has 2 rings (SSSR count). The number of hydrogen-bond acceptors (Lipinski definition) is 3. The van der Waals surface area contributed by atoms with Gasteiger partial charge in [-0.3, -0.25) is 0 Å². The topological polar surface area (TPSA) is 50.1 Å². The fourth-order valence-corrected chi connectivity index (χ4v) is 3.03. The fourth-order valence-electron chi connectivity index (χ4n) is 1.64. The standard InChI is InChI=1S/C15H15Cl2N3S2/c16-13-6-5-12(9-14(13)17)22-8-7-19-15(21)20-11-3-1-10(18)2-4-11/h1-6,9H,7-8,18H2,(H2,19,20,21). The van der Waals surface area contributed by atoms with Crippen molar-refractivity contribution in [3.8, 4) is 0 Å². The maximum Gasteiger partial charge on any atom is 0.170 e. The number of rotatable bonds is 5. The predicted molar refractivity (Wildman–Crippen MR) is 102 cm³/mol. The Hall–Kier alpha value is -1.14. The minimum Gasteiger partial charge on any atom is -0.399 e. The highest BCUT2D eigenvalue weighted by Crippen LogP contribution is 2.27. The zero-order valence-corrected chi connectivity index (χ0v) is 14.8. The summed E-state index contributed by atoms with van der Waals surface area (Å²) in [6.45, 7) is 0.742. The van der Waals surface area contributed by atoms with Gasteiger partial charge in [0.15, 0.2) is 5.11 Å². The van der Waals surface area contributed by atoms with Crippen molar-refractivity contribution in [2.45, 2.75) is 4.90 Å². The number of nitrogens with two attached hydrogens (primary N) is 1. The maximum absolute atomic E-state index is 5.98. The molecule has 7 heteroatoms. The number of anilines is 2. The second-order valence-electron chi connectivity index (χ2n) is 4.43. The Labute approximate surface area is 149 Å². The van der Waals surface area contributed by atoms with Crippen LogP contribution in [0.25, 0.3) is 0 Å². The normalized spacial score (nSPS) is 10.3. The molecule has 0 bridgehead atoms. The Morgan fingerprint density at radius 2 is 1.82 bits per heavy atom. The summed E-state index contributed by atoms with van der Waals surface area (Å²) in [7, 11) is 0. The maximum atomic E-state index is 5.98. The number of thiocarbonyl (C=S) groups is 1. The third-order valence-corrected chi connectivity index (χ3v) is 4.70. The molecule has 0 unspecified atom stereocenters. The van der Waals surface area contributed by atoms with Crippen molar-refractivity contribution >= 4 is 63.7 Å². The first-order chi connectivity index (χ1) is 10.5. The minimum absolute atomic E-state index is 0.568. The van der Waals surface area contributed by atoms with E-state index >= 15 is 0 Å². The summed E-state index contributed by atoms with van der Waals surface area (Å²) >= 11 is 18.8. The molecule has 3 nitrogen and oxygen atoms in total. The zero-order valence-electron chi connectivity index (χ0n) is 11.6. The van der Waals surface area contributed by atoms with Crippen molar-refractivity contribution in [2.24, 2.45) is 0 Å². The molecule has 2 aromatic carbocycles. The lowest BCUT2D eigenvalue weighted by Gasteiger charge is -2.10. The van der Waals surface area contributed by atoms with Gasteiger partial charge in [-0.25, -0.2) is 0 Å². The number of nitrogen functional groups attached to an aromatic ring is 1. The van der Waals surface area contributed by atoms with Crippen LogP contribution in [0.15, 0.2) is 47.4 Å². The van der Waals surface area contributed by atoms with E-state index in [1.165, 1.54) is 0 Å². The Kier molecular flexibility index (Phi) is 6.64. The summed E-state index contributed by atoms with van der Waals surface area (Å²) in [4.78, 5) is 1.08. The SMILES string of the molecule is Nc1ccc(NC(=S)NCCSc2ccc(Cl)c(Cl)c2)cc1. The summed E-state index contributed by atoms with van der Waals surface area (Å²) in [5.41, 5.74) is 7.27. The minimum atomic E-state index is 0.568. The fraction of sp³-hybridized carbons (Fsp3) is 0.133. The van der Waals surface area contributed by atoms with Crippen LogP contribution in [0, 0.1) is 0 Å². The smallest absolute Gasteiger partial charge is 0.170 e. The van der Waals surface area contributed by atoms with Gasteiger partial charge in [0.05, 0.1) is 10.0 Å². The van der Waals surface area contributed by atoms with E-state index in [0.29, 0.717) is 15.2 Å². The number of halogens is 2. The molecule has 0 spiro atoms. The van der Waals surface area contributed by atoms with Gasteiger partial charge in [-0.2, -0.15) is 0 Å². The Balaban J connectivity index is 1.70. The third-order valence-electron chi connectivity index (χ3n) is 2.72. The van der Waals surface area contributed by atoms with Crippen LogP contribution in [0.4, 0.5) is 11.4 Å². The summed E-state index contributed by atoms with van der Waals surface area (Å²) in [6, 6.07) is 13.0. The van der Waals surface area contributed by atoms with Gasteiger partial charge in [-0.15, -0.1) is 11.8 Å². The van der Waals surface area contributed by atoms with Crippen molar-refractivity contribution < 1.29 is 0 Å². The van der Waals surface area contributed by atoms with E-state index in [2.05, 4.69) is 10.6 Å². The van der Waals surface area contributed by atoms with Crippen LogP contribution >= 0.6 is 47.2 Å². The van der Waals surface area contributed by atoms with Gasteiger partial charge in [0.25, 0.3) is 0 Å². The van der Waals surface area contributed by atoms with E-state index in [0.717, 1.165) is 28.6 Å². The van der Waals surface area contributed by atoms with Gasteiger partial charge >= 0.3 is 0 Å². The van der Waals surface area contributed by atoms with E-state index in [4.69, 9.17) is 41.2 Å². The van der Waals surface area contributed by atoms with Gasteiger partial charge in [0.2, 0.25) is 0 Å². The van der Waals surface area contributed by atoms with E-state index in [-0.39, 0.29) is 0 Å². The summed E-state index contributed by atoms with van der Waals surface area (Å²) in [5.74, 6) is 0.863. The lowest BCUT2D eigenvalue weighted by atomic mass is 10.3. The van der Waals surface area contributed by atoms with Crippen LogP contribution in [0.3, 0.4) is 0 Å². The van der Waals surface area contributed by atoms with Crippen LogP contribution in [-0.4, -0.2) is 17.4 Å². The molecule has 0 aromatic heterocycles. The molecule has 0 radical (unpaired) electrons. The largest absolute Gasteiger partial charge is 0.399 e. The first-order valence-electron chi connectivity index (χ1n) is 6.53. The molecule has 0 saturated carbocycles. The average molecular weight is 372 g/mol. The molecule has 0 amide bonds. The molecular formula is C15H15Cl2N3S2. The van der Waals surface area contributed by atoms with Gasteiger partial charge in [-0.05, 0) is 54.7 Å². The number of hydrogen-bond donors (Lipinski definition) is 3. The van der Waals surface area contributed by atoms with Crippen LogP contribution in [0.2, 0.25) is 10.0 Å². The second kappa shape index (κ2) is 8.48. The lowest BCUT2D eigenvalue weighted by Crippen LogP contribution is -2.30. The molecule has 0 saturated heterocycles. The van der Waals surface area contributed by atoms with Gasteiger partial charge < -0.3 is 16.4 Å². The van der Waals surface area contributed by atoms with Crippen LogP contribution in [0.5, 0.6) is 0 Å². The molecule has 0 atom stereocenters. The van der Waals surface area contributed by atoms with Crippen molar-refractivity contribution in [1.29, 1.82) is 0 Å². The second-order valence-corrected chi connectivity index (χ2v) is 6.82. The molecule has 2 aromatic rings. The molecule has 0 aliphatic rings. The van der Waals surface area contributed by atoms with E-state index in [9.17, 15) is 0 Å². The third kappa shape index (κ3) is 5.57. The predicted octanol–water partition coefficient (Wildman–Crippen LogP) is 4.65. The van der Waals surface area contributed by atoms with Crippen molar-refractivity contribution in [3.05, 3.63) is 52.5 Å². The monoisotopic (exact) mass is 371 g/mol. The molecule has 0 fully saturated rings. The summed E-state index contributed by atoms with van der Waals surface area (Å²) in [6.07, 6.45) is 0. The highest BCUT2D eigenvalue weighted by Gasteiger charge is 2.01. The molecule has 0 aliphatic heterocycles. The van der Waals surface area contributed by atoms with E-state index in [1.54, 1.807) is 17.8 Å². The zero-order chi connectivity index (χ0) is 15.9. The first-order valence-corrected chi connectivity index (χ1v) is 8.68. The van der Waals surface area contributed by atoms with Crippen molar-refractivity contribution in [2.75, 3.05) is 23.3 Å². The molecule has 0 aliphatic carbocycles. The van der Waals surface area contributed by atoms with Gasteiger partial charge in [0, 0.05) is 28.6 Å².